The summed E-state index contributed by atoms with van der Waals surface area (Å²) in [4.78, 5) is 0. The van der Waals surface area contributed by atoms with E-state index in [1.165, 1.54) is 0 Å². The molecule has 0 aromatic heterocycles. The molecular formula is C8H16O2. The fourth-order valence-corrected chi connectivity index (χ4v) is 1.41. The Bertz CT molecular complexity index is 103. The third kappa shape index (κ3) is 1.50. The summed E-state index contributed by atoms with van der Waals surface area (Å²) in [7, 11) is 0. The van der Waals surface area contributed by atoms with Gasteiger partial charge in [0.05, 0.1) is 19.3 Å². The third-order valence-corrected chi connectivity index (χ3v) is 2.47. The predicted octanol–water partition coefficient (Wildman–Crippen LogP) is 1.04. The molecule has 3 atom stereocenters. The minimum atomic E-state index is -0.213. The van der Waals surface area contributed by atoms with Crippen molar-refractivity contribution in [3.8, 4) is 0 Å². The van der Waals surface area contributed by atoms with Crippen molar-refractivity contribution >= 4 is 0 Å². The van der Waals surface area contributed by atoms with Gasteiger partial charge in [-0.15, -0.1) is 0 Å². The smallest absolute Gasteiger partial charge is 0.0826 e. The lowest BCUT2D eigenvalue weighted by Gasteiger charge is -2.18. The quantitative estimate of drug-likeness (QED) is 0.627. The van der Waals surface area contributed by atoms with Gasteiger partial charge in [0.15, 0.2) is 0 Å². The van der Waals surface area contributed by atoms with Crippen LogP contribution in [0.25, 0.3) is 0 Å². The van der Waals surface area contributed by atoms with E-state index >= 15 is 0 Å². The molecule has 0 amide bonds. The zero-order valence-electron chi connectivity index (χ0n) is 6.71. The van der Waals surface area contributed by atoms with Crippen LogP contribution < -0.4 is 0 Å². The first-order chi connectivity index (χ1) is 4.75. The molecule has 1 heterocycles. The fraction of sp³-hybridized carbons (Fsp3) is 1.00. The average molecular weight is 144 g/mol. The van der Waals surface area contributed by atoms with Crippen LogP contribution in [-0.2, 0) is 4.74 Å². The summed E-state index contributed by atoms with van der Waals surface area (Å²) >= 11 is 0. The first kappa shape index (κ1) is 8.02. The Labute approximate surface area is 62.2 Å². The van der Waals surface area contributed by atoms with Crippen molar-refractivity contribution in [3.63, 3.8) is 0 Å². The zero-order valence-corrected chi connectivity index (χ0v) is 6.71. The lowest BCUT2D eigenvalue weighted by atomic mass is 9.90. The molecular weight excluding hydrogens is 128 g/mol. The number of hydrogen-bond acceptors (Lipinski definition) is 2. The summed E-state index contributed by atoms with van der Waals surface area (Å²) in [6.45, 7) is 5.60. The van der Waals surface area contributed by atoms with E-state index in [0.29, 0.717) is 18.4 Å². The van der Waals surface area contributed by atoms with Gasteiger partial charge in [0.2, 0.25) is 0 Å². The summed E-state index contributed by atoms with van der Waals surface area (Å²) in [6.07, 6.45) is 0.917. The van der Waals surface area contributed by atoms with Gasteiger partial charge >= 0.3 is 0 Å². The van der Waals surface area contributed by atoms with Gasteiger partial charge in [-0.25, -0.2) is 0 Å². The van der Waals surface area contributed by atoms with E-state index in [0.717, 1.165) is 13.0 Å². The van der Waals surface area contributed by atoms with Crippen molar-refractivity contribution in [1.82, 2.24) is 0 Å². The Morgan fingerprint density at radius 1 is 1.60 bits per heavy atom. The van der Waals surface area contributed by atoms with Gasteiger partial charge in [0, 0.05) is 5.92 Å². The average Bonchev–Trinajstić information content (AvgIpc) is 2.34. The van der Waals surface area contributed by atoms with Crippen LogP contribution in [0.2, 0.25) is 0 Å². The van der Waals surface area contributed by atoms with Crippen LogP contribution in [0.5, 0.6) is 0 Å². The van der Waals surface area contributed by atoms with Gasteiger partial charge < -0.3 is 9.84 Å². The van der Waals surface area contributed by atoms with E-state index in [2.05, 4.69) is 13.8 Å². The van der Waals surface area contributed by atoms with E-state index < -0.39 is 0 Å². The van der Waals surface area contributed by atoms with Crippen LogP contribution in [-0.4, -0.2) is 24.4 Å². The fourth-order valence-electron chi connectivity index (χ4n) is 1.41. The molecule has 2 nitrogen and oxygen atoms in total. The first-order valence-corrected chi connectivity index (χ1v) is 4.01. The lowest BCUT2D eigenvalue weighted by molar-refractivity contribution is 0.106. The van der Waals surface area contributed by atoms with Crippen LogP contribution in [0.15, 0.2) is 0 Å². The van der Waals surface area contributed by atoms with E-state index in [-0.39, 0.29) is 6.10 Å². The minimum absolute atomic E-state index is 0.213. The Balaban J connectivity index is 2.38. The van der Waals surface area contributed by atoms with Crippen molar-refractivity contribution in [1.29, 1.82) is 0 Å². The normalized spacial score (nSPS) is 36.3. The Morgan fingerprint density at radius 2 is 2.30 bits per heavy atom. The van der Waals surface area contributed by atoms with Gasteiger partial charge in [0.1, 0.15) is 0 Å². The molecule has 0 aliphatic carbocycles. The van der Waals surface area contributed by atoms with Crippen LogP contribution in [0.4, 0.5) is 0 Å². The third-order valence-electron chi connectivity index (χ3n) is 2.47. The summed E-state index contributed by atoms with van der Waals surface area (Å²) in [5.41, 5.74) is 0. The molecule has 0 saturated carbocycles. The van der Waals surface area contributed by atoms with Crippen LogP contribution in [0.1, 0.15) is 20.3 Å². The molecule has 60 valence electrons. The monoisotopic (exact) mass is 144 g/mol. The standard InChI is InChI=1S/C8H16O2/c1-3-6(2)7-4-10-5-8(7)9/h6-9H,3-5H2,1-2H3. The van der Waals surface area contributed by atoms with Crippen LogP contribution in [0.3, 0.4) is 0 Å². The second-order valence-corrected chi connectivity index (χ2v) is 3.15. The lowest BCUT2D eigenvalue weighted by Crippen LogP contribution is -2.23. The molecule has 1 aliphatic rings. The van der Waals surface area contributed by atoms with Gasteiger partial charge in [-0.05, 0) is 5.92 Å². The van der Waals surface area contributed by atoms with E-state index in [9.17, 15) is 5.11 Å². The molecule has 1 fully saturated rings. The number of ether oxygens (including phenoxy) is 1. The molecule has 1 aliphatic heterocycles. The largest absolute Gasteiger partial charge is 0.390 e. The van der Waals surface area contributed by atoms with Crippen molar-refractivity contribution < 1.29 is 9.84 Å². The van der Waals surface area contributed by atoms with Crippen molar-refractivity contribution in [2.45, 2.75) is 26.4 Å². The summed E-state index contributed by atoms with van der Waals surface area (Å²) < 4.78 is 5.14. The molecule has 3 unspecified atom stereocenters. The molecule has 1 saturated heterocycles. The van der Waals surface area contributed by atoms with E-state index in [4.69, 9.17) is 4.74 Å². The SMILES string of the molecule is CCC(C)C1COCC1O. The maximum absolute atomic E-state index is 9.37. The molecule has 2 heteroatoms. The van der Waals surface area contributed by atoms with Gasteiger partial charge in [-0.2, -0.15) is 0 Å². The zero-order chi connectivity index (χ0) is 7.56. The molecule has 0 aromatic rings. The Hall–Kier alpha value is -0.0800. The van der Waals surface area contributed by atoms with E-state index in [1.54, 1.807) is 0 Å². The molecule has 0 bridgehead atoms. The van der Waals surface area contributed by atoms with Crippen LogP contribution in [0, 0.1) is 11.8 Å². The summed E-state index contributed by atoms with van der Waals surface area (Å²) in [5, 5.41) is 9.37. The summed E-state index contributed by atoms with van der Waals surface area (Å²) in [5.74, 6) is 0.975. The molecule has 0 aromatic carbocycles. The Morgan fingerprint density at radius 3 is 2.70 bits per heavy atom. The topological polar surface area (TPSA) is 29.5 Å². The second kappa shape index (κ2) is 3.35. The van der Waals surface area contributed by atoms with Gasteiger partial charge in [0.25, 0.3) is 0 Å². The second-order valence-electron chi connectivity index (χ2n) is 3.15. The van der Waals surface area contributed by atoms with Gasteiger partial charge in [-0.3, -0.25) is 0 Å². The van der Waals surface area contributed by atoms with Crippen molar-refractivity contribution in [2.24, 2.45) is 11.8 Å². The molecule has 1 N–H and O–H groups in total. The minimum Gasteiger partial charge on any atom is -0.390 e. The number of rotatable bonds is 2. The Kier molecular flexibility index (Phi) is 2.69. The number of aliphatic hydroxyl groups excluding tert-OH is 1. The molecule has 1 rings (SSSR count). The highest BCUT2D eigenvalue weighted by molar-refractivity contribution is 4.77. The first-order valence-electron chi connectivity index (χ1n) is 4.01. The highest BCUT2D eigenvalue weighted by Gasteiger charge is 2.29. The number of aliphatic hydroxyl groups is 1. The van der Waals surface area contributed by atoms with Crippen molar-refractivity contribution in [2.75, 3.05) is 13.2 Å². The van der Waals surface area contributed by atoms with Crippen molar-refractivity contribution in [3.05, 3.63) is 0 Å². The van der Waals surface area contributed by atoms with E-state index in [1.807, 2.05) is 0 Å². The highest BCUT2D eigenvalue weighted by Crippen LogP contribution is 2.24. The number of hydrogen-bond donors (Lipinski definition) is 1. The van der Waals surface area contributed by atoms with Gasteiger partial charge in [-0.1, -0.05) is 20.3 Å². The molecule has 0 radical (unpaired) electrons. The summed E-state index contributed by atoms with van der Waals surface area (Å²) in [6, 6.07) is 0. The highest BCUT2D eigenvalue weighted by atomic mass is 16.5. The molecule has 0 spiro atoms. The maximum Gasteiger partial charge on any atom is 0.0826 e. The maximum atomic E-state index is 9.37. The van der Waals surface area contributed by atoms with Crippen LogP contribution >= 0.6 is 0 Å². The molecule has 10 heavy (non-hydrogen) atoms. The predicted molar refractivity (Wildman–Crippen MR) is 39.8 cm³/mol.